The predicted molar refractivity (Wildman–Crippen MR) is 115 cm³/mol. The Kier molecular flexibility index (Phi) is 7.08. The van der Waals surface area contributed by atoms with Crippen molar-refractivity contribution in [2.45, 2.75) is 25.2 Å². The largest absolute Gasteiger partial charge is 0.467 e. The van der Waals surface area contributed by atoms with Crippen LogP contribution in [-0.4, -0.2) is 39.4 Å². The third-order valence-corrected chi connectivity index (χ3v) is 5.38. The lowest BCUT2D eigenvalue weighted by atomic mass is 10.1. The van der Waals surface area contributed by atoms with Gasteiger partial charge in [0.25, 0.3) is 5.91 Å². The summed E-state index contributed by atoms with van der Waals surface area (Å²) in [5.74, 6) is 1.14. The van der Waals surface area contributed by atoms with Crippen LogP contribution in [0.5, 0.6) is 0 Å². The number of nitrogens with zero attached hydrogens (tertiary/aromatic N) is 4. The van der Waals surface area contributed by atoms with Gasteiger partial charge in [-0.2, -0.15) is 0 Å². The standard InChI is InChI=1S/C21H23N5O3S/c1-4-11-26-15(2)23-24-21(26)30-14-19(27)25(3)18-10-6-5-9-17(18)20(28)22-13-16-8-7-12-29-16/h4-10,12H,1,11,13-14H2,2-3H3,(H,22,28). The Morgan fingerprint density at radius 3 is 2.80 bits per heavy atom. The fraction of sp³-hybridized carbons (Fsp3) is 0.238. The molecule has 3 rings (SSSR count). The van der Waals surface area contributed by atoms with Crippen molar-refractivity contribution in [2.24, 2.45) is 0 Å². The van der Waals surface area contributed by atoms with Crippen molar-refractivity contribution in [2.75, 3.05) is 17.7 Å². The molecule has 8 nitrogen and oxygen atoms in total. The minimum Gasteiger partial charge on any atom is -0.467 e. The molecule has 1 aromatic carbocycles. The summed E-state index contributed by atoms with van der Waals surface area (Å²) in [6, 6.07) is 10.5. The lowest BCUT2D eigenvalue weighted by Crippen LogP contribution is -2.31. The van der Waals surface area contributed by atoms with Crippen LogP contribution in [0.2, 0.25) is 0 Å². The van der Waals surface area contributed by atoms with Crippen molar-refractivity contribution < 1.29 is 14.0 Å². The number of thioether (sulfide) groups is 1. The van der Waals surface area contributed by atoms with E-state index in [1.165, 1.54) is 16.7 Å². The number of para-hydroxylation sites is 1. The molecular formula is C21H23N5O3S. The lowest BCUT2D eigenvalue weighted by molar-refractivity contribution is -0.115. The quantitative estimate of drug-likeness (QED) is 0.418. The SMILES string of the molecule is C=CCn1c(C)nnc1SCC(=O)N(C)c1ccccc1C(=O)NCc1ccco1. The van der Waals surface area contributed by atoms with Crippen LogP contribution in [0.15, 0.2) is 64.9 Å². The van der Waals surface area contributed by atoms with Gasteiger partial charge in [-0.1, -0.05) is 30.0 Å². The van der Waals surface area contributed by atoms with Gasteiger partial charge >= 0.3 is 0 Å². The van der Waals surface area contributed by atoms with E-state index < -0.39 is 0 Å². The van der Waals surface area contributed by atoms with Crippen molar-refractivity contribution in [1.82, 2.24) is 20.1 Å². The van der Waals surface area contributed by atoms with E-state index in [2.05, 4.69) is 22.1 Å². The van der Waals surface area contributed by atoms with Gasteiger partial charge in [-0.05, 0) is 31.2 Å². The zero-order valence-corrected chi connectivity index (χ0v) is 17.7. The van der Waals surface area contributed by atoms with Crippen LogP contribution in [0.1, 0.15) is 21.9 Å². The molecule has 2 amide bonds. The number of furan rings is 1. The number of nitrogens with one attached hydrogen (secondary N) is 1. The molecule has 1 N–H and O–H groups in total. The number of rotatable bonds is 9. The maximum Gasteiger partial charge on any atom is 0.253 e. The molecule has 9 heteroatoms. The van der Waals surface area contributed by atoms with Crippen molar-refractivity contribution in [1.29, 1.82) is 0 Å². The molecule has 0 bridgehead atoms. The van der Waals surface area contributed by atoms with Gasteiger partial charge in [0.05, 0.1) is 29.8 Å². The van der Waals surface area contributed by atoms with Crippen molar-refractivity contribution in [3.05, 3.63) is 72.5 Å². The molecule has 2 heterocycles. The average Bonchev–Trinajstić information content (AvgIpc) is 3.40. The molecule has 0 spiro atoms. The van der Waals surface area contributed by atoms with Gasteiger partial charge in [0.15, 0.2) is 5.16 Å². The van der Waals surface area contributed by atoms with E-state index >= 15 is 0 Å². The molecule has 3 aromatic rings. The third kappa shape index (κ3) is 4.98. The highest BCUT2D eigenvalue weighted by Gasteiger charge is 2.20. The Hall–Kier alpha value is -3.33. The van der Waals surface area contributed by atoms with Crippen molar-refractivity contribution in [3.8, 4) is 0 Å². The molecule has 0 aliphatic heterocycles. The molecule has 0 aliphatic rings. The van der Waals surface area contributed by atoms with Crippen molar-refractivity contribution in [3.63, 3.8) is 0 Å². The number of benzene rings is 1. The molecule has 0 saturated carbocycles. The Balaban J connectivity index is 1.67. The van der Waals surface area contributed by atoms with E-state index in [0.717, 1.165) is 5.82 Å². The lowest BCUT2D eigenvalue weighted by Gasteiger charge is -2.20. The van der Waals surface area contributed by atoms with Crippen LogP contribution in [0.25, 0.3) is 0 Å². The zero-order valence-electron chi connectivity index (χ0n) is 16.9. The minimum absolute atomic E-state index is 0.155. The first-order valence-electron chi connectivity index (χ1n) is 9.31. The summed E-state index contributed by atoms with van der Waals surface area (Å²) in [6.45, 7) is 6.43. The van der Waals surface area contributed by atoms with E-state index in [1.54, 1.807) is 55.8 Å². The summed E-state index contributed by atoms with van der Waals surface area (Å²) >= 11 is 1.30. The monoisotopic (exact) mass is 425 g/mol. The van der Waals surface area contributed by atoms with Gasteiger partial charge in [-0.15, -0.1) is 16.8 Å². The smallest absolute Gasteiger partial charge is 0.253 e. The van der Waals surface area contributed by atoms with Crippen LogP contribution >= 0.6 is 11.8 Å². The molecular weight excluding hydrogens is 402 g/mol. The Labute approximate surface area is 179 Å². The first-order chi connectivity index (χ1) is 14.5. The topological polar surface area (TPSA) is 93.3 Å². The maximum absolute atomic E-state index is 12.8. The normalized spacial score (nSPS) is 10.6. The van der Waals surface area contributed by atoms with Gasteiger partial charge in [-0.25, -0.2) is 0 Å². The number of amides is 2. The van der Waals surface area contributed by atoms with Gasteiger partial charge in [-0.3, -0.25) is 9.59 Å². The highest BCUT2D eigenvalue weighted by molar-refractivity contribution is 7.99. The minimum atomic E-state index is -0.282. The number of hydrogen-bond acceptors (Lipinski definition) is 6. The van der Waals surface area contributed by atoms with Crippen LogP contribution in [0.3, 0.4) is 0 Å². The highest BCUT2D eigenvalue weighted by atomic mass is 32.2. The predicted octanol–water partition coefficient (Wildman–Crippen LogP) is 3.05. The second-order valence-corrected chi connectivity index (χ2v) is 7.39. The number of aromatic nitrogens is 3. The Bertz CT molecular complexity index is 1030. The highest BCUT2D eigenvalue weighted by Crippen LogP contribution is 2.22. The summed E-state index contributed by atoms with van der Waals surface area (Å²) in [4.78, 5) is 26.9. The van der Waals surface area contributed by atoms with Gasteiger partial charge in [0.1, 0.15) is 11.6 Å². The molecule has 0 unspecified atom stereocenters. The van der Waals surface area contributed by atoms with E-state index in [9.17, 15) is 9.59 Å². The van der Waals surface area contributed by atoms with Crippen LogP contribution in [-0.2, 0) is 17.9 Å². The molecule has 2 aromatic heterocycles. The number of aryl methyl sites for hydroxylation is 1. The molecule has 0 saturated heterocycles. The Morgan fingerprint density at radius 2 is 2.07 bits per heavy atom. The fourth-order valence-electron chi connectivity index (χ4n) is 2.80. The fourth-order valence-corrected chi connectivity index (χ4v) is 3.71. The molecule has 0 aliphatic carbocycles. The van der Waals surface area contributed by atoms with E-state index in [1.807, 2.05) is 11.5 Å². The second-order valence-electron chi connectivity index (χ2n) is 6.45. The van der Waals surface area contributed by atoms with E-state index in [0.29, 0.717) is 28.7 Å². The molecule has 30 heavy (non-hydrogen) atoms. The summed E-state index contributed by atoms with van der Waals surface area (Å²) in [5.41, 5.74) is 0.944. The summed E-state index contributed by atoms with van der Waals surface area (Å²) < 4.78 is 7.13. The molecule has 156 valence electrons. The Morgan fingerprint density at radius 1 is 1.27 bits per heavy atom. The maximum atomic E-state index is 12.8. The average molecular weight is 426 g/mol. The number of anilines is 1. The number of hydrogen-bond donors (Lipinski definition) is 1. The first-order valence-corrected chi connectivity index (χ1v) is 10.3. The second kappa shape index (κ2) is 9.93. The van der Waals surface area contributed by atoms with Crippen molar-refractivity contribution >= 4 is 29.3 Å². The number of carbonyl (C=O) groups is 2. The van der Waals surface area contributed by atoms with Gasteiger partial charge < -0.3 is 19.2 Å². The molecule has 0 fully saturated rings. The van der Waals surface area contributed by atoms with Crippen LogP contribution < -0.4 is 10.2 Å². The molecule has 0 atom stereocenters. The van der Waals surface area contributed by atoms with Crippen LogP contribution in [0.4, 0.5) is 5.69 Å². The van der Waals surface area contributed by atoms with Gasteiger partial charge in [0.2, 0.25) is 5.91 Å². The number of allylic oxidation sites excluding steroid dienone is 1. The zero-order chi connectivity index (χ0) is 21.5. The van der Waals surface area contributed by atoms with E-state index in [-0.39, 0.29) is 24.1 Å². The molecule has 0 radical (unpaired) electrons. The van der Waals surface area contributed by atoms with Crippen LogP contribution in [0, 0.1) is 6.92 Å². The van der Waals surface area contributed by atoms with E-state index in [4.69, 9.17) is 4.42 Å². The third-order valence-electron chi connectivity index (χ3n) is 4.43. The first kappa shape index (κ1) is 21.4. The number of carbonyl (C=O) groups excluding carboxylic acids is 2. The summed E-state index contributed by atoms with van der Waals surface area (Å²) in [7, 11) is 1.65. The summed E-state index contributed by atoms with van der Waals surface area (Å²) in [5, 5.41) is 11.6. The summed E-state index contributed by atoms with van der Waals surface area (Å²) in [6.07, 6.45) is 3.31. The van der Waals surface area contributed by atoms with Gasteiger partial charge in [0, 0.05) is 13.6 Å².